The molecular weight excluding hydrogens is 426 g/mol. The molecule has 0 spiro atoms. The predicted octanol–water partition coefficient (Wildman–Crippen LogP) is 5.60. The van der Waals surface area contributed by atoms with Gasteiger partial charge in [0.15, 0.2) is 0 Å². The van der Waals surface area contributed by atoms with E-state index >= 15 is 0 Å². The van der Waals surface area contributed by atoms with Gasteiger partial charge in [-0.05, 0) is 24.6 Å². The lowest BCUT2D eigenvalue weighted by Gasteiger charge is -2.35. The summed E-state index contributed by atoms with van der Waals surface area (Å²) in [4.78, 5) is 0. The minimum Gasteiger partial charge on any atom is -0.391 e. The van der Waals surface area contributed by atoms with Gasteiger partial charge in [0.1, 0.15) is 11.8 Å². The highest BCUT2D eigenvalue weighted by Crippen LogP contribution is 2.36. The van der Waals surface area contributed by atoms with Gasteiger partial charge >= 0.3 is 0 Å². The average molecular weight is 470 g/mol. The maximum atomic E-state index is 10.6. The first-order valence-electron chi connectivity index (χ1n) is 13.0. The molecule has 34 heavy (non-hydrogen) atoms. The molecule has 1 unspecified atom stereocenters. The summed E-state index contributed by atoms with van der Waals surface area (Å²) in [5, 5.41) is 14.0. The van der Waals surface area contributed by atoms with E-state index < -0.39 is 11.8 Å². The normalized spacial score (nSPS) is 23.3. The molecule has 5 nitrogen and oxygen atoms in total. The number of ether oxygens (including phenoxy) is 3. The summed E-state index contributed by atoms with van der Waals surface area (Å²) in [5.74, 6) is 0. The molecule has 1 aliphatic carbocycles. The van der Waals surface area contributed by atoms with Gasteiger partial charge in [-0.2, -0.15) is 0 Å². The van der Waals surface area contributed by atoms with Crippen molar-refractivity contribution in [2.45, 2.75) is 95.5 Å². The summed E-state index contributed by atoms with van der Waals surface area (Å²) in [6.07, 6.45) is 7.50. The predicted molar refractivity (Wildman–Crippen MR) is 136 cm³/mol. The molecule has 1 aliphatic rings. The van der Waals surface area contributed by atoms with Crippen molar-refractivity contribution >= 4 is 0 Å². The molecule has 188 valence electrons. The van der Waals surface area contributed by atoms with Gasteiger partial charge in [0, 0.05) is 12.8 Å². The molecular formula is C29H43NO4. The van der Waals surface area contributed by atoms with Crippen molar-refractivity contribution in [3.8, 4) is 0 Å². The van der Waals surface area contributed by atoms with E-state index in [2.05, 4.69) is 36.5 Å². The molecule has 2 aromatic carbocycles. The summed E-state index contributed by atoms with van der Waals surface area (Å²) < 4.78 is 19.1. The number of aliphatic hydroxyl groups is 1. The molecule has 1 saturated carbocycles. The first-order valence-corrected chi connectivity index (χ1v) is 13.0. The zero-order chi connectivity index (χ0) is 24.1. The standard InChI is InChI=1S/C29H43NO4/c1-3-4-5-6-13-18-26(31)23-34-29(30-2)20-27(32-21-24-14-9-7-10-15-24)19-28(29)33-22-25-16-11-8-12-17-25/h7-12,14-17,26-28,30-31H,3-6,13,18-23H2,1-2H3/t26?,27-,28+,29-/m1/s1. The third kappa shape index (κ3) is 8.47. The van der Waals surface area contributed by atoms with Crippen molar-refractivity contribution in [3.05, 3.63) is 71.8 Å². The van der Waals surface area contributed by atoms with Crippen LogP contribution in [0, 0.1) is 0 Å². The van der Waals surface area contributed by atoms with E-state index in [4.69, 9.17) is 14.2 Å². The van der Waals surface area contributed by atoms with E-state index in [1.54, 1.807) is 0 Å². The summed E-state index contributed by atoms with van der Waals surface area (Å²) in [6.45, 7) is 3.60. The zero-order valence-corrected chi connectivity index (χ0v) is 21.0. The Hall–Kier alpha value is -1.76. The number of hydrogen-bond donors (Lipinski definition) is 2. The van der Waals surface area contributed by atoms with Crippen LogP contribution in [0.15, 0.2) is 60.7 Å². The van der Waals surface area contributed by atoms with Crippen molar-refractivity contribution < 1.29 is 19.3 Å². The van der Waals surface area contributed by atoms with Crippen LogP contribution in [0.2, 0.25) is 0 Å². The number of unbranched alkanes of at least 4 members (excludes halogenated alkanes) is 4. The van der Waals surface area contributed by atoms with Crippen LogP contribution in [0.3, 0.4) is 0 Å². The molecule has 3 rings (SSSR count). The monoisotopic (exact) mass is 469 g/mol. The lowest BCUT2D eigenvalue weighted by atomic mass is 10.1. The van der Waals surface area contributed by atoms with E-state index in [0.717, 1.165) is 30.4 Å². The lowest BCUT2D eigenvalue weighted by molar-refractivity contribution is -0.165. The number of aliphatic hydroxyl groups excluding tert-OH is 1. The molecule has 2 aromatic rings. The molecule has 5 heteroatoms. The lowest BCUT2D eigenvalue weighted by Crippen LogP contribution is -2.53. The Balaban J connectivity index is 1.58. The highest BCUT2D eigenvalue weighted by molar-refractivity contribution is 5.14. The molecule has 1 fully saturated rings. The first kappa shape index (κ1) is 26.8. The van der Waals surface area contributed by atoms with Crippen molar-refractivity contribution in [1.82, 2.24) is 5.32 Å². The Morgan fingerprint density at radius 2 is 1.53 bits per heavy atom. The minimum atomic E-state index is -0.681. The Morgan fingerprint density at radius 3 is 2.15 bits per heavy atom. The maximum absolute atomic E-state index is 10.6. The second-order valence-electron chi connectivity index (χ2n) is 9.45. The Kier molecular flexibility index (Phi) is 11.5. The van der Waals surface area contributed by atoms with Gasteiger partial charge in [-0.25, -0.2) is 0 Å². The minimum absolute atomic E-state index is 0.0135. The van der Waals surface area contributed by atoms with Gasteiger partial charge in [-0.15, -0.1) is 0 Å². The van der Waals surface area contributed by atoms with Crippen molar-refractivity contribution in [2.75, 3.05) is 13.7 Å². The molecule has 2 N–H and O–H groups in total. The SMILES string of the molecule is CCCCCCCC(O)CO[C@]1(NC)C[C@H](OCc2ccccc2)C[C@@H]1OCc1ccccc1. The van der Waals surface area contributed by atoms with Gasteiger partial charge in [-0.3, -0.25) is 5.32 Å². The van der Waals surface area contributed by atoms with Gasteiger partial charge in [0.2, 0.25) is 0 Å². The molecule has 0 aromatic heterocycles. The van der Waals surface area contributed by atoms with Crippen LogP contribution < -0.4 is 5.32 Å². The Labute approximate surface area is 205 Å². The number of rotatable bonds is 16. The molecule has 0 aliphatic heterocycles. The van der Waals surface area contributed by atoms with Gasteiger partial charge in [0.25, 0.3) is 0 Å². The van der Waals surface area contributed by atoms with Crippen LogP contribution in [0.5, 0.6) is 0 Å². The molecule has 0 amide bonds. The van der Waals surface area contributed by atoms with Crippen molar-refractivity contribution in [2.24, 2.45) is 0 Å². The van der Waals surface area contributed by atoms with Crippen LogP contribution in [0.1, 0.15) is 69.4 Å². The average Bonchev–Trinajstić information content (AvgIpc) is 3.24. The fraction of sp³-hybridized carbons (Fsp3) is 0.586. The number of nitrogens with one attached hydrogen (secondary N) is 1. The maximum Gasteiger partial charge on any atom is 0.148 e. The van der Waals surface area contributed by atoms with Gasteiger partial charge in [0.05, 0.1) is 32.0 Å². The molecule has 0 heterocycles. The van der Waals surface area contributed by atoms with E-state index in [1.165, 1.54) is 25.7 Å². The topological polar surface area (TPSA) is 60.0 Å². The number of benzene rings is 2. The second-order valence-corrected chi connectivity index (χ2v) is 9.45. The van der Waals surface area contributed by atoms with Crippen LogP contribution >= 0.6 is 0 Å². The second kappa shape index (κ2) is 14.6. The van der Waals surface area contributed by atoms with Crippen LogP contribution in [-0.4, -0.2) is 42.8 Å². The van der Waals surface area contributed by atoms with E-state index in [1.807, 2.05) is 43.4 Å². The third-order valence-electron chi connectivity index (χ3n) is 6.75. The summed E-state index contributed by atoms with van der Waals surface area (Å²) in [6, 6.07) is 20.4. The smallest absolute Gasteiger partial charge is 0.148 e. The van der Waals surface area contributed by atoms with Gasteiger partial charge in [-0.1, -0.05) is 99.7 Å². The first-order chi connectivity index (χ1) is 16.6. The highest BCUT2D eigenvalue weighted by atomic mass is 16.6. The van der Waals surface area contributed by atoms with E-state index in [-0.39, 0.29) is 12.2 Å². The largest absolute Gasteiger partial charge is 0.391 e. The van der Waals surface area contributed by atoms with Crippen LogP contribution in [0.25, 0.3) is 0 Å². The quantitative estimate of drug-likeness (QED) is 0.247. The summed E-state index contributed by atoms with van der Waals surface area (Å²) >= 11 is 0. The van der Waals surface area contributed by atoms with Crippen LogP contribution in [-0.2, 0) is 27.4 Å². The highest BCUT2D eigenvalue weighted by Gasteiger charge is 2.49. The van der Waals surface area contributed by atoms with E-state index in [0.29, 0.717) is 26.2 Å². The fourth-order valence-corrected chi connectivity index (χ4v) is 4.67. The summed E-state index contributed by atoms with van der Waals surface area (Å²) in [5.41, 5.74) is 1.61. The van der Waals surface area contributed by atoms with Crippen molar-refractivity contribution in [1.29, 1.82) is 0 Å². The Morgan fingerprint density at radius 1 is 0.912 bits per heavy atom. The fourth-order valence-electron chi connectivity index (χ4n) is 4.67. The van der Waals surface area contributed by atoms with Gasteiger partial charge < -0.3 is 19.3 Å². The molecule has 0 saturated heterocycles. The molecule has 4 atom stereocenters. The van der Waals surface area contributed by atoms with Crippen molar-refractivity contribution in [3.63, 3.8) is 0 Å². The van der Waals surface area contributed by atoms with Crippen LogP contribution in [0.4, 0.5) is 0 Å². The summed E-state index contributed by atoms with van der Waals surface area (Å²) in [7, 11) is 1.91. The molecule has 0 bridgehead atoms. The Bertz CT molecular complexity index is 787. The molecule has 0 radical (unpaired) electrons. The number of hydrogen-bond acceptors (Lipinski definition) is 5. The van der Waals surface area contributed by atoms with E-state index in [9.17, 15) is 5.11 Å². The third-order valence-corrected chi connectivity index (χ3v) is 6.75. The zero-order valence-electron chi connectivity index (χ0n) is 21.0. The number of likely N-dealkylation sites (N-methyl/N-ethyl adjacent to an activating group) is 1.